The summed E-state index contributed by atoms with van der Waals surface area (Å²) in [6, 6.07) is 5.51. The summed E-state index contributed by atoms with van der Waals surface area (Å²) >= 11 is 0. The summed E-state index contributed by atoms with van der Waals surface area (Å²) in [5, 5.41) is 14.8. The molecule has 0 aliphatic carbocycles. The van der Waals surface area contributed by atoms with Crippen molar-refractivity contribution < 1.29 is 9.94 Å². The van der Waals surface area contributed by atoms with Crippen LogP contribution in [0.5, 0.6) is 5.75 Å². The third kappa shape index (κ3) is 3.49. The van der Waals surface area contributed by atoms with Gasteiger partial charge in [0.15, 0.2) is 5.84 Å². The highest BCUT2D eigenvalue weighted by atomic mass is 16.5. The van der Waals surface area contributed by atoms with E-state index < -0.39 is 0 Å². The molecule has 1 rings (SSSR count). The third-order valence-electron chi connectivity index (χ3n) is 2.27. The van der Waals surface area contributed by atoms with E-state index >= 15 is 0 Å². The van der Waals surface area contributed by atoms with E-state index in [1.807, 2.05) is 12.1 Å². The predicted octanol–water partition coefficient (Wildman–Crippen LogP) is 1.07. The molecule has 1 aromatic carbocycles. The molecule has 92 valence electrons. The van der Waals surface area contributed by atoms with Gasteiger partial charge >= 0.3 is 0 Å². The van der Waals surface area contributed by atoms with E-state index in [0.717, 1.165) is 12.1 Å². The lowest BCUT2D eigenvalue weighted by molar-refractivity contribution is 0.318. The summed E-state index contributed by atoms with van der Waals surface area (Å²) in [5.41, 5.74) is 7.16. The molecule has 0 aliphatic rings. The van der Waals surface area contributed by atoms with Gasteiger partial charge in [-0.1, -0.05) is 17.3 Å². The predicted molar refractivity (Wildman–Crippen MR) is 67.4 cm³/mol. The Bertz CT molecular complexity index is 416. The summed E-state index contributed by atoms with van der Waals surface area (Å²) in [6.07, 6.45) is 1.79. The maximum atomic E-state index is 8.63. The molecular formula is C12H17N3O2. The number of hydrogen-bond acceptors (Lipinski definition) is 4. The van der Waals surface area contributed by atoms with Crippen molar-refractivity contribution in [3.63, 3.8) is 0 Å². The minimum Gasteiger partial charge on any atom is -0.496 e. The average Bonchev–Trinajstić information content (AvgIpc) is 2.38. The first kappa shape index (κ1) is 13.1. The second-order valence-electron chi connectivity index (χ2n) is 3.44. The number of benzene rings is 1. The van der Waals surface area contributed by atoms with Crippen LogP contribution < -0.4 is 15.8 Å². The molecule has 0 unspecified atom stereocenters. The van der Waals surface area contributed by atoms with Crippen molar-refractivity contribution in [1.82, 2.24) is 5.32 Å². The van der Waals surface area contributed by atoms with Gasteiger partial charge < -0.3 is 21.0 Å². The fourth-order valence-electron chi connectivity index (χ4n) is 1.43. The molecule has 0 spiro atoms. The lowest BCUT2D eigenvalue weighted by Crippen LogP contribution is -2.16. The molecule has 0 saturated carbocycles. The van der Waals surface area contributed by atoms with Gasteiger partial charge in [-0.3, -0.25) is 0 Å². The van der Waals surface area contributed by atoms with Crippen molar-refractivity contribution >= 4 is 5.84 Å². The summed E-state index contributed by atoms with van der Waals surface area (Å²) in [6.45, 7) is 5.07. The third-order valence-corrected chi connectivity index (χ3v) is 2.27. The average molecular weight is 235 g/mol. The Balaban J connectivity index is 2.88. The summed E-state index contributed by atoms with van der Waals surface area (Å²) < 4.78 is 5.20. The maximum absolute atomic E-state index is 8.63. The van der Waals surface area contributed by atoms with E-state index in [9.17, 15) is 0 Å². The van der Waals surface area contributed by atoms with Crippen LogP contribution in [0.25, 0.3) is 0 Å². The largest absolute Gasteiger partial charge is 0.496 e. The molecule has 4 N–H and O–H groups in total. The number of amidine groups is 1. The number of nitrogens with one attached hydrogen (secondary N) is 1. The zero-order chi connectivity index (χ0) is 12.7. The number of nitrogens with zero attached hydrogens (tertiary/aromatic N) is 1. The molecule has 0 heterocycles. The van der Waals surface area contributed by atoms with Gasteiger partial charge in [0, 0.05) is 13.1 Å². The Labute approximate surface area is 101 Å². The normalized spacial score (nSPS) is 11.2. The SMILES string of the molecule is C=CCNCc1ccc(/C(N)=N/O)c(OC)c1. The number of rotatable bonds is 6. The van der Waals surface area contributed by atoms with Crippen molar-refractivity contribution in [3.05, 3.63) is 42.0 Å². The van der Waals surface area contributed by atoms with E-state index in [4.69, 9.17) is 15.7 Å². The molecule has 0 saturated heterocycles. The van der Waals surface area contributed by atoms with Crippen molar-refractivity contribution in [3.8, 4) is 5.75 Å². The first-order chi connectivity index (χ1) is 8.22. The zero-order valence-corrected chi connectivity index (χ0v) is 9.81. The van der Waals surface area contributed by atoms with Gasteiger partial charge in [0.1, 0.15) is 5.75 Å². The molecule has 0 radical (unpaired) electrons. The number of ether oxygens (including phenoxy) is 1. The van der Waals surface area contributed by atoms with E-state index in [0.29, 0.717) is 17.9 Å². The van der Waals surface area contributed by atoms with Gasteiger partial charge in [-0.25, -0.2) is 0 Å². The van der Waals surface area contributed by atoms with Crippen LogP contribution in [0, 0.1) is 0 Å². The van der Waals surface area contributed by atoms with Crippen LogP contribution >= 0.6 is 0 Å². The van der Waals surface area contributed by atoms with E-state index in [-0.39, 0.29) is 5.84 Å². The zero-order valence-electron chi connectivity index (χ0n) is 9.81. The summed E-state index contributed by atoms with van der Waals surface area (Å²) in [5.74, 6) is 0.616. The molecule has 0 atom stereocenters. The second kappa shape index (κ2) is 6.55. The molecule has 0 aliphatic heterocycles. The van der Waals surface area contributed by atoms with E-state index in [1.165, 1.54) is 0 Å². The second-order valence-corrected chi connectivity index (χ2v) is 3.44. The smallest absolute Gasteiger partial charge is 0.173 e. The fourth-order valence-corrected chi connectivity index (χ4v) is 1.43. The molecule has 5 nitrogen and oxygen atoms in total. The van der Waals surface area contributed by atoms with Crippen molar-refractivity contribution in [1.29, 1.82) is 0 Å². The molecule has 0 fully saturated rings. The Morgan fingerprint density at radius 1 is 1.65 bits per heavy atom. The summed E-state index contributed by atoms with van der Waals surface area (Å²) in [7, 11) is 1.55. The topological polar surface area (TPSA) is 79.9 Å². The molecule has 0 aromatic heterocycles. The Morgan fingerprint density at radius 2 is 2.41 bits per heavy atom. The molecule has 1 aromatic rings. The van der Waals surface area contributed by atoms with Gasteiger partial charge in [0.2, 0.25) is 0 Å². The van der Waals surface area contributed by atoms with Gasteiger partial charge in [-0.15, -0.1) is 6.58 Å². The number of oxime groups is 1. The Morgan fingerprint density at radius 3 is 3.00 bits per heavy atom. The molecular weight excluding hydrogens is 218 g/mol. The van der Waals surface area contributed by atoms with Crippen molar-refractivity contribution in [2.24, 2.45) is 10.9 Å². The molecule has 5 heteroatoms. The van der Waals surface area contributed by atoms with Crippen molar-refractivity contribution in [2.45, 2.75) is 6.54 Å². The van der Waals surface area contributed by atoms with Gasteiger partial charge in [0.05, 0.1) is 12.7 Å². The lowest BCUT2D eigenvalue weighted by atomic mass is 10.1. The highest BCUT2D eigenvalue weighted by Gasteiger charge is 2.08. The van der Waals surface area contributed by atoms with Crippen LogP contribution in [-0.2, 0) is 6.54 Å². The number of methoxy groups -OCH3 is 1. The van der Waals surface area contributed by atoms with Gasteiger partial charge in [0.25, 0.3) is 0 Å². The highest BCUT2D eigenvalue weighted by molar-refractivity contribution is 5.99. The minimum absolute atomic E-state index is 0.0347. The lowest BCUT2D eigenvalue weighted by Gasteiger charge is -2.09. The van der Waals surface area contributed by atoms with Gasteiger partial charge in [-0.05, 0) is 17.7 Å². The standard InChI is InChI=1S/C12H17N3O2/c1-3-6-14-8-9-4-5-10(12(13)15-16)11(7-9)17-2/h3-5,7,14,16H,1,6,8H2,2H3,(H2,13,15). The van der Waals surface area contributed by atoms with Crippen LogP contribution in [0.1, 0.15) is 11.1 Å². The van der Waals surface area contributed by atoms with Crippen LogP contribution in [0.3, 0.4) is 0 Å². The summed E-state index contributed by atoms with van der Waals surface area (Å²) in [4.78, 5) is 0. The van der Waals surface area contributed by atoms with Gasteiger partial charge in [-0.2, -0.15) is 0 Å². The molecule has 0 bridgehead atoms. The van der Waals surface area contributed by atoms with Crippen LogP contribution in [0.2, 0.25) is 0 Å². The first-order valence-corrected chi connectivity index (χ1v) is 5.19. The quantitative estimate of drug-likeness (QED) is 0.172. The highest BCUT2D eigenvalue weighted by Crippen LogP contribution is 2.19. The molecule has 0 amide bonds. The Kier molecular flexibility index (Phi) is 5.03. The monoisotopic (exact) mass is 235 g/mol. The van der Waals surface area contributed by atoms with Crippen molar-refractivity contribution in [2.75, 3.05) is 13.7 Å². The Hall–Kier alpha value is -2.01. The van der Waals surface area contributed by atoms with E-state index in [2.05, 4.69) is 17.1 Å². The first-order valence-electron chi connectivity index (χ1n) is 5.19. The molecule has 17 heavy (non-hydrogen) atoms. The number of hydrogen-bond donors (Lipinski definition) is 3. The van der Waals surface area contributed by atoms with Crippen LogP contribution in [-0.4, -0.2) is 24.7 Å². The maximum Gasteiger partial charge on any atom is 0.173 e. The number of nitrogens with two attached hydrogens (primary N) is 1. The van der Waals surface area contributed by atoms with Crippen LogP contribution in [0.4, 0.5) is 0 Å². The van der Waals surface area contributed by atoms with Crippen LogP contribution in [0.15, 0.2) is 36.0 Å². The fraction of sp³-hybridized carbons (Fsp3) is 0.250. The van der Waals surface area contributed by atoms with E-state index in [1.54, 1.807) is 19.3 Å². The minimum atomic E-state index is 0.0347.